The summed E-state index contributed by atoms with van der Waals surface area (Å²) in [7, 11) is 1.63. The minimum atomic E-state index is -0.650. The lowest BCUT2D eigenvalue weighted by Crippen LogP contribution is -2.50. The Labute approximate surface area is 251 Å². The summed E-state index contributed by atoms with van der Waals surface area (Å²) in [6, 6.07) is 16.5. The Bertz CT molecular complexity index is 1440. The van der Waals surface area contributed by atoms with Crippen LogP contribution in [-0.4, -0.2) is 84.0 Å². The van der Waals surface area contributed by atoms with Crippen LogP contribution >= 0.6 is 0 Å². The maximum atomic E-state index is 13.7. The summed E-state index contributed by atoms with van der Waals surface area (Å²) in [6.45, 7) is 1.58. The Hall–Kier alpha value is -3.99. The number of aromatic nitrogens is 1. The van der Waals surface area contributed by atoms with Crippen LogP contribution in [0.4, 0.5) is 0 Å². The number of ether oxygens (including phenoxy) is 3. The molecular weight excluding hydrogens is 548 g/mol. The number of aliphatic hydroxyl groups excluding tert-OH is 1. The van der Waals surface area contributed by atoms with Gasteiger partial charge >= 0.3 is 0 Å². The Morgan fingerprint density at radius 1 is 1.05 bits per heavy atom. The van der Waals surface area contributed by atoms with Gasteiger partial charge < -0.3 is 30.0 Å². The minimum absolute atomic E-state index is 0.126. The molecule has 3 aliphatic rings. The second-order valence-electron chi connectivity index (χ2n) is 11.5. The predicted octanol–water partition coefficient (Wildman–Crippen LogP) is 2.94. The number of pyridine rings is 1. The van der Waals surface area contributed by atoms with E-state index in [2.05, 4.69) is 20.5 Å². The van der Waals surface area contributed by atoms with E-state index in [1.165, 1.54) is 0 Å². The summed E-state index contributed by atoms with van der Waals surface area (Å²) in [5.74, 6) is 0.851. The zero-order valence-corrected chi connectivity index (χ0v) is 24.3. The molecule has 5 atom stereocenters. The van der Waals surface area contributed by atoms with Crippen LogP contribution in [0, 0.1) is 0 Å². The average Bonchev–Trinajstić information content (AvgIpc) is 3.42. The highest BCUT2D eigenvalue weighted by Crippen LogP contribution is 2.30. The van der Waals surface area contributed by atoms with E-state index >= 15 is 0 Å². The number of fused-ring (bicyclic) bond motifs is 5. The Kier molecular flexibility index (Phi) is 8.87. The van der Waals surface area contributed by atoms with Crippen molar-refractivity contribution < 1.29 is 28.9 Å². The van der Waals surface area contributed by atoms with E-state index in [-0.39, 0.29) is 30.5 Å². The first-order chi connectivity index (χ1) is 21.0. The molecule has 6 rings (SSSR count). The number of amides is 2. The first-order valence-electron chi connectivity index (χ1n) is 14.9. The molecule has 2 saturated heterocycles. The molecule has 2 aromatic carbocycles. The van der Waals surface area contributed by atoms with Crippen molar-refractivity contribution in [2.24, 2.45) is 0 Å². The third-order valence-electron chi connectivity index (χ3n) is 8.56. The highest BCUT2D eigenvalue weighted by Gasteiger charge is 2.39. The quantitative estimate of drug-likeness (QED) is 0.427. The van der Waals surface area contributed by atoms with Crippen LogP contribution in [0.15, 0.2) is 67.0 Å². The third-order valence-corrected chi connectivity index (χ3v) is 8.56. The van der Waals surface area contributed by atoms with E-state index in [9.17, 15) is 14.7 Å². The minimum Gasteiger partial charge on any atom is -0.497 e. The lowest BCUT2D eigenvalue weighted by Gasteiger charge is -2.34. The van der Waals surface area contributed by atoms with Crippen molar-refractivity contribution in [1.82, 2.24) is 20.5 Å². The van der Waals surface area contributed by atoms with Crippen LogP contribution in [0.25, 0.3) is 11.1 Å². The number of aliphatic hydroxyl groups is 1. The van der Waals surface area contributed by atoms with E-state index in [1.54, 1.807) is 25.6 Å². The summed E-state index contributed by atoms with van der Waals surface area (Å²) >= 11 is 0. The Morgan fingerprint density at radius 2 is 1.91 bits per heavy atom. The molecule has 0 aliphatic carbocycles. The summed E-state index contributed by atoms with van der Waals surface area (Å²) in [5, 5.41) is 16.8. The second kappa shape index (κ2) is 13.1. The van der Waals surface area contributed by atoms with E-state index in [0.29, 0.717) is 56.7 Å². The van der Waals surface area contributed by atoms with Crippen molar-refractivity contribution in [3.63, 3.8) is 0 Å². The Balaban J connectivity index is 1.29. The second-order valence-corrected chi connectivity index (χ2v) is 11.5. The van der Waals surface area contributed by atoms with Crippen molar-refractivity contribution in [3.05, 3.63) is 78.1 Å². The SMILES string of the molecule is COc1cccc(CN2C[C@@H]3C[C@H]2C(=O)NC[C@H]2O[C@H](CCOc4cc(-c5ccncc5)ccc4C(=O)N3)CC[C@@H]2O)c1. The fourth-order valence-corrected chi connectivity index (χ4v) is 6.24. The molecule has 10 nitrogen and oxygen atoms in total. The number of likely N-dealkylation sites (tertiary alicyclic amines) is 1. The zero-order chi connectivity index (χ0) is 29.8. The van der Waals surface area contributed by atoms with E-state index in [0.717, 1.165) is 22.4 Å². The van der Waals surface area contributed by atoms with E-state index in [1.807, 2.05) is 48.5 Å². The predicted molar refractivity (Wildman–Crippen MR) is 160 cm³/mol. The van der Waals surface area contributed by atoms with Gasteiger partial charge in [0.1, 0.15) is 17.6 Å². The molecule has 0 unspecified atom stereocenters. The number of benzene rings is 2. The molecule has 2 fully saturated rings. The molecule has 3 N–H and O–H groups in total. The normalized spacial score (nSPS) is 26.5. The van der Waals surface area contributed by atoms with Gasteiger partial charge in [-0.1, -0.05) is 18.2 Å². The topological polar surface area (TPSA) is 122 Å². The van der Waals surface area contributed by atoms with E-state index < -0.39 is 18.2 Å². The van der Waals surface area contributed by atoms with Crippen LogP contribution < -0.4 is 20.1 Å². The zero-order valence-electron chi connectivity index (χ0n) is 24.3. The monoisotopic (exact) mass is 586 g/mol. The smallest absolute Gasteiger partial charge is 0.255 e. The molecule has 2 amide bonds. The molecule has 4 bridgehead atoms. The first-order valence-corrected chi connectivity index (χ1v) is 14.9. The number of hydrogen-bond donors (Lipinski definition) is 3. The van der Waals surface area contributed by atoms with Gasteiger partial charge in [0, 0.05) is 44.5 Å². The van der Waals surface area contributed by atoms with Gasteiger partial charge in [-0.25, -0.2) is 0 Å². The molecule has 4 heterocycles. The summed E-state index contributed by atoms with van der Waals surface area (Å²) in [6.07, 6.45) is 4.52. The highest BCUT2D eigenvalue weighted by molar-refractivity contribution is 5.98. The van der Waals surface area contributed by atoms with E-state index in [4.69, 9.17) is 14.2 Å². The van der Waals surface area contributed by atoms with Gasteiger partial charge in [0.2, 0.25) is 5.91 Å². The molecule has 226 valence electrons. The average molecular weight is 587 g/mol. The number of rotatable bonds is 4. The number of methoxy groups -OCH3 is 1. The van der Waals surface area contributed by atoms with Crippen molar-refractivity contribution in [1.29, 1.82) is 0 Å². The molecule has 0 radical (unpaired) electrons. The number of nitrogens with one attached hydrogen (secondary N) is 2. The first kappa shape index (κ1) is 29.1. The lowest BCUT2D eigenvalue weighted by molar-refractivity contribution is -0.133. The van der Waals surface area contributed by atoms with Gasteiger partial charge in [0.25, 0.3) is 5.91 Å². The van der Waals surface area contributed by atoms with Crippen molar-refractivity contribution in [2.75, 3.05) is 26.8 Å². The molecule has 1 aromatic heterocycles. The summed E-state index contributed by atoms with van der Waals surface area (Å²) in [4.78, 5) is 33.4. The molecule has 3 aliphatic heterocycles. The molecule has 3 aromatic rings. The maximum Gasteiger partial charge on any atom is 0.255 e. The van der Waals surface area contributed by atoms with Gasteiger partial charge in [0.05, 0.1) is 37.5 Å². The Morgan fingerprint density at radius 3 is 2.74 bits per heavy atom. The largest absolute Gasteiger partial charge is 0.497 e. The van der Waals surface area contributed by atoms with Gasteiger partial charge in [0.15, 0.2) is 0 Å². The fraction of sp³-hybridized carbons (Fsp3) is 0.424. The third kappa shape index (κ3) is 6.82. The highest BCUT2D eigenvalue weighted by atomic mass is 16.5. The molecular formula is C33H38N4O6. The number of carbonyl (C=O) groups excluding carboxylic acids is 2. The molecule has 0 saturated carbocycles. The van der Waals surface area contributed by atoms with Crippen LogP contribution in [0.2, 0.25) is 0 Å². The maximum absolute atomic E-state index is 13.7. The fourth-order valence-electron chi connectivity index (χ4n) is 6.24. The van der Waals surface area contributed by atoms with Crippen LogP contribution in [-0.2, 0) is 16.1 Å². The lowest BCUT2D eigenvalue weighted by atomic mass is 9.99. The van der Waals surface area contributed by atoms with Crippen molar-refractivity contribution >= 4 is 11.8 Å². The van der Waals surface area contributed by atoms with Gasteiger partial charge in [-0.05, 0) is 72.4 Å². The van der Waals surface area contributed by atoms with Crippen LogP contribution in [0.5, 0.6) is 11.5 Å². The summed E-state index contributed by atoms with van der Waals surface area (Å²) in [5.41, 5.74) is 3.34. The molecule has 0 spiro atoms. The van der Waals surface area contributed by atoms with Crippen molar-refractivity contribution in [2.45, 2.75) is 62.6 Å². The standard InChI is InChI=1S/C33H38N4O6/c1-41-26-4-2-3-21(15-26)19-37-20-24-17-28(37)33(40)35-18-31-29(38)8-6-25(43-31)11-14-42-30-16-23(22-9-12-34-13-10-22)5-7-27(30)32(39)36-24/h2-5,7,9-10,12-13,15-16,24-25,28-29,31,38H,6,8,11,14,17-20H2,1H3,(H,35,40)(H,36,39)/t24-,25-,28-,29-,31+/m0/s1. The van der Waals surface area contributed by atoms with Gasteiger partial charge in [-0.3, -0.25) is 19.5 Å². The number of hydrogen-bond acceptors (Lipinski definition) is 8. The van der Waals surface area contributed by atoms with Gasteiger partial charge in [-0.2, -0.15) is 0 Å². The molecule has 43 heavy (non-hydrogen) atoms. The number of nitrogens with zero attached hydrogens (tertiary/aromatic N) is 2. The van der Waals surface area contributed by atoms with Crippen LogP contribution in [0.3, 0.4) is 0 Å². The van der Waals surface area contributed by atoms with Crippen LogP contribution in [0.1, 0.15) is 41.6 Å². The van der Waals surface area contributed by atoms with Gasteiger partial charge in [-0.15, -0.1) is 0 Å². The molecule has 10 heteroatoms. The summed E-state index contributed by atoms with van der Waals surface area (Å²) < 4.78 is 17.9. The number of carbonyl (C=O) groups is 2. The van der Waals surface area contributed by atoms with Crippen molar-refractivity contribution in [3.8, 4) is 22.6 Å².